The molecule has 0 saturated heterocycles. The van der Waals surface area contributed by atoms with Crippen LogP contribution in [0.25, 0.3) is 0 Å². The third kappa shape index (κ3) is 4.16. The number of hydrogen-bond acceptors (Lipinski definition) is 5. The molecular weight excluding hydrogens is 320 g/mol. The molecule has 22 heavy (non-hydrogen) atoms. The van der Waals surface area contributed by atoms with Gasteiger partial charge in [0.2, 0.25) is 10.0 Å². The van der Waals surface area contributed by atoms with Crippen LogP contribution in [0.3, 0.4) is 0 Å². The van der Waals surface area contributed by atoms with Crippen molar-refractivity contribution in [2.45, 2.75) is 19.6 Å². The molecule has 0 fully saturated rings. The molecule has 0 aromatic carbocycles. The Morgan fingerprint density at radius 1 is 1.41 bits per heavy atom. The molecule has 2 aromatic rings. The topological polar surface area (TPSA) is 67.2 Å². The van der Waals surface area contributed by atoms with E-state index in [0.29, 0.717) is 6.54 Å². The summed E-state index contributed by atoms with van der Waals surface area (Å²) in [7, 11) is -3.16. The van der Waals surface area contributed by atoms with E-state index >= 15 is 0 Å². The molecule has 1 atom stereocenters. The summed E-state index contributed by atoms with van der Waals surface area (Å²) in [5.41, 5.74) is 1.18. The number of nitrogens with zero attached hydrogens (tertiary/aromatic N) is 3. The van der Waals surface area contributed by atoms with Gasteiger partial charge in [0.25, 0.3) is 0 Å². The smallest absolute Gasteiger partial charge is 0.208 e. The van der Waals surface area contributed by atoms with Gasteiger partial charge in [-0.15, -0.1) is 11.3 Å². The minimum absolute atomic E-state index is 0.204. The van der Waals surface area contributed by atoms with E-state index in [9.17, 15) is 8.42 Å². The highest BCUT2D eigenvalue weighted by atomic mass is 32.2. The molecular formula is C14H20N4O2S2. The lowest BCUT2D eigenvalue weighted by atomic mass is 10.1. The van der Waals surface area contributed by atoms with Crippen molar-refractivity contribution in [2.75, 3.05) is 19.3 Å². The number of aromatic nitrogens is 2. The number of rotatable bonds is 5. The van der Waals surface area contributed by atoms with E-state index in [1.165, 1.54) is 16.8 Å². The lowest BCUT2D eigenvalue weighted by molar-refractivity contribution is 0.223. The number of hydrogen-bond donors (Lipinski definition) is 1. The number of fused-ring (bicyclic) bond motifs is 1. The van der Waals surface area contributed by atoms with Crippen molar-refractivity contribution in [3.63, 3.8) is 0 Å². The van der Waals surface area contributed by atoms with Crippen LogP contribution in [0.5, 0.6) is 0 Å². The third-order valence-electron chi connectivity index (χ3n) is 3.73. The van der Waals surface area contributed by atoms with Crippen LogP contribution < -0.4 is 4.72 Å². The van der Waals surface area contributed by atoms with Crippen molar-refractivity contribution >= 4 is 21.4 Å². The maximum Gasteiger partial charge on any atom is 0.208 e. The zero-order chi connectivity index (χ0) is 15.6. The van der Waals surface area contributed by atoms with E-state index in [-0.39, 0.29) is 5.92 Å². The maximum atomic E-state index is 11.3. The normalized spacial score (nSPS) is 19.8. The van der Waals surface area contributed by atoms with Gasteiger partial charge in [-0.25, -0.2) is 13.1 Å². The van der Waals surface area contributed by atoms with Gasteiger partial charge in [0.1, 0.15) is 0 Å². The van der Waals surface area contributed by atoms with Gasteiger partial charge >= 0.3 is 0 Å². The predicted octanol–water partition coefficient (Wildman–Crippen LogP) is 1.13. The Morgan fingerprint density at radius 2 is 2.27 bits per heavy atom. The summed E-state index contributed by atoms with van der Waals surface area (Å²) in [5.74, 6) is 0.204. The van der Waals surface area contributed by atoms with E-state index < -0.39 is 10.0 Å². The molecule has 3 rings (SSSR count). The van der Waals surface area contributed by atoms with E-state index in [0.717, 1.165) is 26.2 Å². The van der Waals surface area contributed by atoms with Crippen LogP contribution in [0.2, 0.25) is 0 Å². The minimum atomic E-state index is -3.16. The standard InChI is InChI=1S/C14H20N4O2S2/c1-22(19,20)16-7-12-8-17(11-14-3-2-6-21-14)10-13-4-5-15-18(13)9-12/h2-6,12,16H,7-11H2,1H3/t12-/m0/s1. The molecule has 0 saturated carbocycles. The van der Waals surface area contributed by atoms with Gasteiger partial charge in [-0.2, -0.15) is 5.10 Å². The van der Waals surface area contributed by atoms with Crippen molar-refractivity contribution < 1.29 is 8.42 Å². The van der Waals surface area contributed by atoms with Gasteiger partial charge in [-0.05, 0) is 17.5 Å². The number of sulfonamides is 1. The summed E-state index contributed by atoms with van der Waals surface area (Å²) in [4.78, 5) is 3.68. The second kappa shape index (κ2) is 6.49. The Hall–Kier alpha value is -1.22. The van der Waals surface area contributed by atoms with Crippen LogP contribution in [0, 0.1) is 5.92 Å². The van der Waals surface area contributed by atoms with Crippen LogP contribution in [0.4, 0.5) is 0 Å². The van der Waals surface area contributed by atoms with Crippen molar-refractivity contribution in [1.29, 1.82) is 0 Å². The summed E-state index contributed by atoms with van der Waals surface area (Å²) >= 11 is 1.75. The molecule has 8 heteroatoms. The third-order valence-corrected chi connectivity index (χ3v) is 5.28. The largest absolute Gasteiger partial charge is 0.292 e. The fourth-order valence-corrected chi connectivity index (χ4v) is 4.05. The summed E-state index contributed by atoms with van der Waals surface area (Å²) in [6.07, 6.45) is 3.01. The van der Waals surface area contributed by atoms with Gasteiger partial charge in [0, 0.05) is 49.7 Å². The van der Waals surface area contributed by atoms with E-state index in [2.05, 4.69) is 32.2 Å². The maximum absolute atomic E-state index is 11.3. The predicted molar refractivity (Wildman–Crippen MR) is 87.0 cm³/mol. The molecule has 1 N–H and O–H groups in total. The van der Waals surface area contributed by atoms with Gasteiger partial charge in [-0.1, -0.05) is 6.07 Å². The molecule has 120 valence electrons. The summed E-state index contributed by atoms with van der Waals surface area (Å²) in [5, 5.41) is 6.44. The fourth-order valence-electron chi connectivity index (χ4n) is 2.76. The molecule has 1 aliphatic heterocycles. The summed E-state index contributed by atoms with van der Waals surface area (Å²) in [6, 6.07) is 6.23. The first-order chi connectivity index (χ1) is 10.5. The Bertz CT molecular complexity index is 709. The SMILES string of the molecule is CS(=O)(=O)NC[C@H]1CN(Cc2cccs2)Cc2ccnn2C1. The van der Waals surface area contributed by atoms with E-state index in [1.54, 1.807) is 11.3 Å². The first-order valence-corrected chi connectivity index (χ1v) is 9.97. The first kappa shape index (κ1) is 15.7. The Balaban J connectivity index is 1.74. The van der Waals surface area contributed by atoms with Crippen LogP contribution >= 0.6 is 11.3 Å². The van der Waals surface area contributed by atoms with Crippen molar-refractivity contribution in [3.05, 3.63) is 40.3 Å². The Labute approximate surface area is 134 Å². The average Bonchev–Trinajstić information content (AvgIpc) is 3.05. The number of thiophene rings is 1. The quantitative estimate of drug-likeness (QED) is 0.886. The van der Waals surface area contributed by atoms with Gasteiger partial charge in [0.05, 0.1) is 11.9 Å². The van der Waals surface area contributed by atoms with Crippen LogP contribution in [-0.2, 0) is 29.7 Å². The van der Waals surface area contributed by atoms with Crippen molar-refractivity contribution in [2.24, 2.45) is 5.92 Å². The van der Waals surface area contributed by atoms with Crippen LogP contribution in [0.15, 0.2) is 29.8 Å². The van der Waals surface area contributed by atoms with E-state index in [1.807, 2.05) is 16.9 Å². The molecule has 2 aromatic heterocycles. The van der Waals surface area contributed by atoms with Gasteiger partial charge in [0.15, 0.2) is 0 Å². The molecule has 3 heterocycles. The zero-order valence-corrected chi connectivity index (χ0v) is 14.1. The van der Waals surface area contributed by atoms with Gasteiger partial charge < -0.3 is 0 Å². The van der Waals surface area contributed by atoms with Crippen molar-refractivity contribution in [1.82, 2.24) is 19.4 Å². The van der Waals surface area contributed by atoms with E-state index in [4.69, 9.17) is 0 Å². The second-order valence-corrected chi connectivity index (χ2v) is 8.61. The van der Waals surface area contributed by atoms with Gasteiger partial charge in [-0.3, -0.25) is 9.58 Å². The molecule has 0 bridgehead atoms. The monoisotopic (exact) mass is 340 g/mol. The highest BCUT2D eigenvalue weighted by molar-refractivity contribution is 7.88. The summed E-state index contributed by atoms with van der Waals surface area (Å²) < 4.78 is 27.3. The Morgan fingerprint density at radius 3 is 3.00 bits per heavy atom. The zero-order valence-electron chi connectivity index (χ0n) is 12.5. The lowest BCUT2D eigenvalue weighted by Crippen LogP contribution is -2.36. The number of nitrogens with one attached hydrogen (secondary N) is 1. The lowest BCUT2D eigenvalue weighted by Gasteiger charge is -2.23. The Kier molecular flexibility index (Phi) is 4.62. The molecule has 0 radical (unpaired) electrons. The molecule has 0 amide bonds. The minimum Gasteiger partial charge on any atom is -0.292 e. The first-order valence-electron chi connectivity index (χ1n) is 7.20. The molecule has 0 spiro atoms. The fraction of sp³-hybridized carbons (Fsp3) is 0.500. The summed E-state index contributed by atoms with van der Waals surface area (Å²) in [6.45, 7) is 3.76. The molecule has 1 aliphatic rings. The molecule has 6 nitrogen and oxygen atoms in total. The molecule has 0 aliphatic carbocycles. The average molecular weight is 340 g/mol. The highest BCUT2D eigenvalue weighted by Gasteiger charge is 2.23. The highest BCUT2D eigenvalue weighted by Crippen LogP contribution is 2.19. The molecule has 0 unspecified atom stereocenters. The second-order valence-electron chi connectivity index (χ2n) is 5.74. The van der Waals surface area contributed by atoms with Crippen molar-refractivity contribution in [3.8, 4) is 0 Å². The van der Waals surface area contributed by atoms with Crippen LogP contribution in [0.1, 0.15) is 10.6 Å². The van der Waals surface area contributed by atoms with Crippen LogP contribution in [-0.4, -0.2) is 42.4 Å².